The maximum absolute atomic E-state index is 9.68. The number of aliphatic imine (C=N–C) groups is 1. The molecule has 1 aliphatic rings. The van der Waals surface area contributed by atoms with Crippen LogP contribution in [0.15, 0.2) is 17.4 Å². The van der Waals surface area contributed by atoms with Crippen molar-refractivity contribution in [3.8, 4) is 6.07 Å². The topological polar surface area (TPSA) is 110 Å². The lowest BCUT2D eigenvalue weighted by Crippen LogP contribution is -2.79. The van der Waals surface area contributed by atoms with Gasteiger partial charge in [-0.15, -0.1) is 0 Å². The summed E-state index contributed by atoms with van der Waals surface area (Å²) in [6, 6.07) is 1.93. The first-order chi connectivity index (χ1) is 7.87. The zero-order valence-electron chi connectivity index (χ0n) is 10.4. The van der Waals surface area contributed by atoms with Crippen LogP contribution in [0.5, 0.6) is 0 Å². The Bertz CT molecular complexity index is 380. The largest absolute Gasteiger partial charge is 0.748 e. The number of nitrogens with zero attached hydrogens (tertiary/aromatic N) is 2. The van der Waals surface area contributed by atoms with E-state index in [1.165, 1.54) is 0 Å². The van der Waals surface area contributed by atoms with Crippen molar-refractivity contribution in [2.45, 2.75) is 33.6 Å². The molecule has 7 heteroatoms. The molecule has 0 saturated carbocycles. The summed E-state index contributed by atoms with van der Waals surface area (Å²) in [5, 5.41) is 9.60. The van der Waals surface area contributed by atoms with Crippen molar-refractivity contribution in [1.82, 2.24) is 0 Å². The molecule has 98 valence electrons. The number of quaternary nitrogens is 1. The van der Waals surface area contributed by atoms with E-state index in [2.05, 4.69) is 4.99 Å². The molecule has 0 fully saturated rings. The third kappa shape index (κ3) is 20.8. The second-order valence-electron chi connectivity index (χ2n) is 3.05. The van der Waals surface area contributed by atoms with Crippen molar-refractivity contribution in [2.75, 3.05) is 5.75 Å². The summed E-state index contributed by atoms with van der Waals surface area (Å²) in [7, 11) is -3.92. The molecular formula is C10H19N3O3S. The van der Waals surface area contributed by atoms with Gasteiger partial charge in [0.05, 0.1) is 22.4 Å². The number of hydrogen-bond donors (Lipinski definition) is 1. The van der Waals surface area contributed by atoms with Crippen molar-refractivity contribution >= 4 is 16.0 Å². The van der Waals surface area contributed by atoms with Crippen LogP contribution in [0.3, 0.4) is 0 Å². The molecule has 0 unspecified atom stereocenters. The maximum atomic E-state index is 9.68. The van der Waals surface area contributed by atoms with Gasteiger partial charge in [0.2, 0.25) is 5.84 Å². The van der Waals surface area contributed by atoms with E-state index in [9.17, 15) is 13.0 Å². The summed E-state index contributed by atoms with van der Waals surface area (Å²) in [6.07, 6.45) is 4.75. The van der Waals surface area contributed by atoms with Gasteiger partial charge >= 0.3 is 0 Å². The Morgan fingerprint density at radius 1 is 1.53 bits per heavy atom. The summed E-state index contributed by atoms with van der Waals surface area (Å²) in [5.74, 6) is 0.850. The standard InChI is InChI=1S/C4H6N2.C3H5N.C3H8O3S/c1-4-5-2-3-6-4;1-2-3-4;1-2-3-7(4,5)6/h2-3H,1H3,(H,5,6);2H2,1H3;2-3H2,1H3,(H,4,5,6). The van der Waals surface area contributed by atoms with Crippen LogP contribution in [0.4, 0.5) is 0 Å². The highest BCUT2D eigenvalue weighted by molar-refractivity contribution is 7.85. The van der Waals surface area contributed by atoms with Crippen LogP contribution in [0.1, 0.15) is 33.6 Å². The van der Waals surface area contributed by atoms with Crippen LogP contribution in [0.2, 0.25) is 0 Å². The van der Waals surface area contributed by atoms with E-state index in [1.807, 2.05) is 31.4 Å². The first-order valence-corrected chi connectivity index (χ1v) is 6.79. The summed E-state index contributed by atoms with van der Waals surface area (Å²) < 4.78 is 29.0. The van der Waals surface area contributed by atoms with Crippen molar-refractivity contribution in [3.05, 3.63) is 12.4 Å². The highest BCUT2D eigenvalue weighted by Crippen LogP contribution is 1.83. The molecule has 0 bridgehead atoms. The first-order valence-electron chi connectivity index (χ1n) is 5.22. The van der Waals surface area contributed by atoms with Gasteiger partial charge in [0, 0.05) is 19.1 Å². The van der Waals surface area contributed by atoms with Crippen LogP contribution < -0.4 is 5.32 Å². The molecule has 0 radical (unpaired) electrons. The van der Waals surface area contributed by atoms with E-state index >= 15 is 0 Å². The molecule has 0 spiro atoms. The molecule has 2 N–H and O–H groups in total. The van der Waals surface area contributed by atoms with Gasteiger partial charge in [-0.25, -0.2) is 13.4 Å². The predicted octanol–water partition coefficient (Wildman–Crippen LogP) is 0.315. The van der Waals surface area contributed by atoms with Gasteiger partial charge < -0.3 is 4.55 Å². The van der Waals surface area contributed by atoms with E-state index < -0.39 is 10.1 Å². The smallest absolute Gasteiger partial charge is 0.201 e. The molecule has 0 aromatic rings. The fourth-order valence-electron chi connectivity index (χ4n) is 0.636. The van der Waals surface area contributed by atoms with Crippen LogP contribution in [0, 0.1) is 11.3 Å². The monoisotopic (exact) mass is 261 g/mol. The summed E-state index contributed by atoms with van der Waals surface area (Å²) >= 11 is 0. The van der Waals surface area contributed by atoms with Gasteiger partial charge in [-0.1, -0.05) is 13.8 Å². The Balaban J connectivity index is 0. The van der Waals surface area contributed by atoms with Crippen LogP contribution >= 0.6 is 0 Å². The lowest BCUT2D eigenvalue weighted by atomic mass is 10.6. The molecule has 6 nitrogen and oxygen atoms in total. The molecule has 1 heterocycles. The maximum Gasteiger partial charge on any atom is 0.201 e. The number of amidine groups is 1. The van der Waals surface area contributed by atoms with E-state index in [4.69, 9.17) is 5.26 Å². The molecule has 0 saturated heterocycles. The van der Waals surface area contributed by atoms with Gasteiger partial charge in [-0.3, -0.25) is 5.32 Å². The number of rotatable bonds is 2. The Morgan fingerprint density at radius 2 is 2.06 bits per heavy atom. The second-order valence-corrected chi connectivity index (χ2v) is 4.58. The molecule has 1 aliphatic heterocycles. The summed E-state index contributed by atoms with van der Waals surface area (Å²) in [5.41, 5.74) is 0. The Kier molecular flexibility index (Phi) is 12.0. The number of nitriles is 1. The zero-order valence-corrected chi connectivity index (χ0v) is 11.2. The van der Waals surface area contributed by atoms with E-state index in [-0.39, 0.29) is 5.75 Å². The van der Waals surface area contributed by atoms with Crippen LogP contribution in [0.25, 0.3) is 0 Å². The molecule has 0 aromatic heterocycles. The highest BCUT2D eigenvalue weighted by Gasteiger charge is 1.92. The third-order valence-corrected chi connectivity index (χ3v) is 2.22. The number of nitrogens with two attached hydrogens (primary N) is 1. The SMILES string of the molecule is CC1=NC=C[NH2+]1.CCC#N.CCCS(=O)(=O)[O-]. The Morgan fingerprint density at radius 3 is 2.12 bits per heavy atom. The molecular weight excluding hydrogens is 242 g/mol. The quantitative estimate of drug-likeness (QED) is 0.721. The van der Waals surface area contributed by atoms with E-state index in [0.29, 0.717) is 12.8 Å². The minimum atomic E-state index is -3.92. The van der Waals surface area contributed by atoms with Crippen molar-refractivity contribution in [2.24, 2.45) is 4.99 Å². The predicted molar refractivity (Wildman–Crippen MR) is 64.9 cm³/mol. The van der Waals surface area contributed by atoms with Gasteiger partial charge in [-0.2, -0.15) is 5.26 Å². The van der Waals surface area contributed by atoms with E-state index in [0.717, 1.165) is 5.84 Å². The fourth-order valence-corrected chi connectivity index (χ4v) is 1.14. The van der Waals surface area contributed by atoms with Crippen LogP contribution in [-0.4, -0.2) is 24.6 Å². The Hall–Kier alpha value is -1.23. The molecule has 0 amide bonds. The van der Waals surface area contributed by atoms with Crippen molar-refractivity contribution in [1.29, 1.82) is 5.26 Å². The van der Waals surface area contributed by atoms with Gasteiger partial charge in [0.25, 0.3) is 0 Å². The minimum absolute atomic E-state index is 0.243. The first kappa shape index (κ1) is 18.1. The summed E-state index contributed by atoms with van der Waals surface area (Å²) in [6.45, 7) is 5.44. The van der Waals surface area contributed by atoms with E-state index in [1.54, 1.807) is 13.1 Å². The normalized spacial score (nSPS) is 12.5. The van der Waals surface area contributed by atoms with Crippen LogP contribution in [-0.2, 0) is 10.1 Å². The average molecular weight is 261 g/mol. The third-order valence-electron chi connectivity index (χ3n) is 1.31. The van der Waals surface area contributed by atoms with Gasteiger partial charge in [0.15, 0.2) is 0 Å². The average Bonchev–Trinajstić information content (AvgIpc) is 2.69. The lowest BCUT2D eigenvalue weighted by molar-refractivity contribution is -0.458. The second kappa shape index (κ2) is 11.3. The Labute approximate surface area is 103 Å². The summed E-state index contributed by atoms with van der Waals surface area (Å²) in [4.78, 5) is 3.92. The highest BCUT2D eigenvalue weighted by atomic mass is 32.2. The minimum Gasteiger partial charge on any atom is -0.748 e. The lowest BCUT2D eigenvalue weighted by Gasteiger charge is -2.00. The molecule has 0 atom stereocenters. The zero-order chi connectivity index (χ0) is 13.7. The van der Waals surface area contributed by atoms with Crippen molar-refractivity contribution < 1.29 is 18.3 Å². The molecule has 17 heavy (non-hydrogen) atoms. The molecule has 1 rings (SSSR count). The molecule has 0 aliphatic carbocycles. The number of hydrogen-bond acceptors (Lipinski definition) is 5. The molecule has 0 aromatic carbocycles. The fraction of sp³-hybridized carbons (Fsp3) is 0.600. The van der Waals surface area contributed by atoms with Crippen molar-refractivity contribution in [3.63, 3.8) is 0 Å². The van der Waals surface area contributed by atoms with Gasteiger partial charge in [0.1, 0.15) is 6.20 Å². The van der Waals surface area contributed by atoms with Gasteiger partial charge in [-0.05, 0) is 6.42 Å².